The van der Waals surface area contributed by atoms with Crippen LogP contribution >= 0.6 is 0 Å². The lowest BCUT2D eigenvalue weighted by molar-refractivity contribution is -0.131. The van der Waals surface area contributed by atoms with Crippen LogP contribution in [0, 0.1) is 13.8 Å². The normalized spacial score (nSPS) is 10.8. The molecule has 0 N–H and O–H groups in total. The molecule has 0 aliphatic rings. The molecule has 2 rings (SSSR count). The van der Waals surface area contributed by atoms with Gasteiger partial charge in [0.1, 0.15) is 11.5 Å². The van der Waals surface area contributed by atoms with E-state index in [2.05, 4.69) is 0 Å². The Morgan fingerprint density at radius 1 is 1.17 bits per heavy atom. The standard InChI is InChI=1S/C22H30N2O5/c1-6-10-19(26)23(13-17-11-9-12-29-17)14-18(25)20-15(4)21(22(27)28-8-3)24(7-2)16(20)5/h9,11-12H,6-8,10,13-14H2,1-5H3. The van der Waals surface area contributed by atoms with Gasteiger partial charge in [-0.3, -0.25) is 9.59 Å². The number of rotatable bonds is 10. The van der Waals surface area contributed by atoms with Crippen molar-refractivity contribution >= 4 is 17.7 Å². The number of hydrogen-bond acceptors (Lipinski definition) is 5. The van der Waals surface area contributed by atoms with Gasteiger partial charge < -0.3 is 18.6 Å². The summed E-state index contributed by atoms with van der Waals surface area (Å²) in [5.41, 5.74) is 2.17. The van der Waals surface area contributed by atoms with Crippen molar-refractivity contribution in [3.8, 4) is 0 Å². The minimum Gasteiger partial charge on any atom is -0.467 e. The highest BCUT2D eigenvalue weighted by Crippen LogP contribution is 2.24. The number of ether oxygens (including phenoxy) is 1. The van der Waals surface area contributed by atoms with E-state index in [0.717, 1.165) is 0 Å². The van der Waals surface area contributed by atoms with Crippen LogP contribution in [0.2, 0.25) is 0 Å². The molecule has 0 aromatic carbocycles. The lowest BCUT2D eigenvalue weighted by atomic mass is 10.0. The predicted octanol–water partition coefficient (Wildman–Crippen LogP) is 3.91. The molecule has 0 atom stereocenters. The summed E-state index contributed by atoms with van der Waals surface area (Å²) in [5, 5.41) is 0. The number of hydrogen-bond donors (Lipinski definition) is 0. The van der Waals surface area contributed by atoms with E-state index in [9.17, 15) is 14.4 Å². The van der Waals surface area contributed by atoms with Gasteiger partial charge in [0.25, 0.3) is 0 Å². The molecule has 0 saturated carbocycles. The topological polar surface area (TPSA) is 81.8 Å². The largest absolute Gasteiger partial charge is 0.467 e. The molecule has 0 spiro atoms. The van der Waals surface area contributed by atoms with E-state index < -0.39 is 5.97 Å². The van der Waals surface area contributed by atoms with Crippen LogP contribution in [0.5, 0.6) is 0 Å². The average molecular weight is 402 g/mol. The molecule has 0 unspecified atom stereocenters. The monoisotopic (exact) mass is 402 g/mol. The van der Waals surface area contributed by atoms with Gasteiger partial charge in [-0.15, -0.1) is 0 Å². The summed E-state index contributed by atoms with van der Waals surface area (Å²) in [5.74, 6) is -0.126. The van der Waals surface area contributed by atoms with Crippen molar-refractivity contribution in [3.05, 3.63) is 46.7 Å². The Hall–Kier alpha value is -2.83. The molecule has 0 saturated heterocycles. The molecule has 1 amide bonds. The van der Waals surface area contributed by atoms with Crippen LogP contribution in [-0.2, 0) is 22.6 Å². The van der Waals surface area contributed by atoms with Crippen LogP contribution < -0.4 is 0 Å². The number of nitrogens with zero attached hydrogens (tertiary/aromatic N) is 2. The Labute approximate surface area is 171 Å². The summed E-state index contributed by atoms with van der Waals surface area (Å²) in [4.78, 5) is 39.7. The van der Waals surface area contributed by atoms with Crippen molar-refractivity contribution < 1.29 is 23.5 Å². The summed E-state index contributed by atoms with van der Waals surface area (Å²) in [6.45, 7) is 10.1. The van der Waals surface area contributed by atoms with E-state index in [1.165, 1.54) is 4.90 Å². The van der Waals surface area contributed by atoms with E-state index in [4.69, 9.17) is 9.15 Å². The van der Waals surface area contributed by atoms with Gasteiger partial charge >= 0.3 is 5.97 Å². The number of carbonyl (C=O) groups excluding carboxylic acids is 3. The van der Waals surface area contributed by atoms with E-state index >= 15 is 0 Å². The van der Waals surface area contributed by atoms with E-state index in [1.54, 1.807) is 36.8 Å². The fraction of sp³-hybridized carbons (Fsp3) is 0.500. The first-order valence-electron chi connectivity index (χ1n) is 10.1. The highest BCUT2D eigenvalue weighted by molar-refractivity contribution is 6.04. The number of carbonyl (C=O) groups is 3. The van der Waals surface area contributed by atoms with Gasteiger partial charge in [-0.1, -0.05) is 6.92 Å². The van der Waals surface area contributed by atoms with Gasteiger partial charge in [0, 0.05) is 24.2 Å². The fourth-order valence-corrected chi connectivity index (χ4v) is 3.61. The lowest BCUT2D eigenvalue weighted by Crippen LogP contribution is -2.35. The third-order valence-electron chi connectivity index (χ3n) is 4.91. The number of esters is 1. The second kappa shape index (κ2) is 10.1. The zero-order valence-electron chi connectivity index (χ0n) is 17.9. The van der Waals surface area contributed by atoms with Gasteiger partial charge in [-0.05, 0) is 51.8 Å². The van der Waals surface area contributed by atoms with Crippen molar-refractivity contribution in [2.45, 2.75) is 60.5 Å². The van der Waals surface area contributed by atoms with Gasteiger partial charge in [0.15, 0.2) is 5.78 Å². The van der Waals surface area contributed by atoms with Crippen molar-refractivity contribution in [3.63, 3.8) is 0 Å². The highest BCUT2D eigenvalue weighted by atomic mass is 16.5. The molecular weight excluding hydrogens is 372 g/mol. The number of aromatic nitrogens is 1. The third-order valence-corrected chi connectivity index (χ3v) is 4.91. The molecule has 158 valence electrons. The van der Waals surface area contributed by atoms with Crippen molar-refractivity contribution in [1.29, 1.82) is 0 Å². The van der Waals surface area contributed by atoms with Crippen LogP contribution in [0.15, 0.2) is 22.8 Å². The molecule has 2 aromatic rings. The van der Waals surface area contributed by atoms with Crippen LogP contribution in [-0.4, -0.2) is 40.3 Å². The highest BCUT2D eigenvalue weighted by Gasteiger charge is 2.28. The summed E-state index contributed by atoms with van der Waals surface area (Å²) >= 11 is 0. The maximum absolute atomic E-state index is 13.2. The molecule has 0 aliphatic carbocycles. The van der Waals surface area contributed by atoms with Crippen molar-refractivity contribution in [1.82, 2.24) is 9.47 Å². The second-order valence-corrected chi connectivity index (χ2v) is 6.90. The maximum atomic E-state index is 13.2. The first-order valence-corrected chi connectivity index (χ1v) is 10.1. The van der Waals surface area contributed by atoms with Crippen LogP contribution in [0.1, 0.15) is 71.5 Å². The van der Waals surface area contributed by atoms with Gasteiger partial charge in [-0.25, -0.2) is 4.79 Å². The molecule has 0 bridgehead atoms. The smallest absolute Gasteiger partial charge is 0.355 e. The Bertz CT molecular complexity index is 864. The molecule has 0 radical (unpaired) electrons. The Morgan fingerprint density at radius 2 is 1.90 bits per heavy atom. The minimum atomic E-state index is -0.441. The van der Waals surface area contributed by atoms with E-state index in [0.29, 0.717) is 47.7 Å². The van der Waals surface area contributed by atoms with E-state index in [-0.39, 0.29) is 31.4 Å². The van der Waals surface area contributed by atoms with Gasteiger partial charge in [0.05, 0.1) is 26.0 Å². The predicted molar refractivity (Wildman–Crippen MR) is 109 cm³/mol. The quantitative estimate of drug-likeness (QED) is 0.445. The number of amides is 1. The number of ketones is 1. The molecule has 2 heterocycles. The molecule has 29 heavy (non-hydrogen) atoms. The summed E-state index contributed by atoms with van der Waals surface area (Å²) < 4.78 is 12.3. The Balaban J connectivity index is 2.36. The SMILES string of the molecule is CCCC(=O)N(CC(=O)c1c(C)c(C(=O)OCC)n(CC)c1C)Cc1ccco1. The van der Waals surface area contributed by atoms with Crippen LogP contribution in [0.4, 0.5) is 0 Å². The molecule has 0 aliphatic heterocycles. The first-order chi connectivity index (χ1) is 13.8. The van der Waals surface area contributed by atoms with Crippen molar-refractivity contribution in [2.75, 3.05) is 13.2 Å². The fourth-order valence-electron chi connectivity index (χ4n) is 3.61. The number of furan rings is 1. The number of Topliss-reactive ketones (excluding diaryl/α,β-unsaturated/α-hetero) is 1. The zero-order chi connectivity index (χ0) is 21.6. The summed E-state index contributed by atoms with van der Waals surface area (Å²) in [7, 11) is 0. The average Bonchev–Trinajstić information content (AvgIpc) is 3.26. The molecule has 2 aromatic heterocycles. The Kier molecular flexibility index (Phi) is 7.82. The molecule has 0 fully saturated rings. The maximum Gasteiger partial charge on any atom is 0.355 e. The van der Waals surface area contributed by atoms with Crippen LogP contribution in [0.25, 0.3) is 0 Å². The minimum absolute atomic E-state index is 0.0722. The molecule has 7 nitrogen and oxygen atoms in total. The Morgan fingerprint density at radius 3 is 2.45 bits per heavy atom. The van der Waals surface area contributed by atoms with Crippen molar-refractivity contribution in [2.24, 2.45) is 0 Å². The summed E-state index contributed by atoms with van der Waals surface area (Å²) in [6.07, 6.45) is 2.59. The lowest BCUT2D eigenvalue weighted by Gasteiger charge is -2.21. The van der Waals surface area contributed by atoms with Gasteiger partial charge in [-0.2, -0.15) is 0 Å². The zero-order valence-corrected chi connectivity index (χ0v) is 17.9. The molecule has 7 heteroatoms. The summed E-state index contributed by atoms with van der Waals surface area (Å²) in [6, 6.07) is 3.53. The van der Waals surface area contributed by atoms with Crippen LogP contribution in [0.3, 0.4) is 0 Å². The van der Waals surface area contributed by atoms with Gasteiger partial charge in [0.2, 0.25) is 5.91 Å². The second-order valence-electron chi connectivity index (χ2n) is 6.90. The molecular formula is C22H30N2O5. The first kappa shape index (κ1) is 22.5. The van der Waals surface area contributed by atoms with E-state index in [1.807, 2.05) is 20.8 Å². The third kappa shape index (κ3) is 4.96.